The fraction of sp³-hybridized carbons (Fsp3) is 0.667. The van der Waals surface area contributed by atoms with Crippen LogP contribution in [0.2, 0.25) is 0 Å². The zero-order valence-electron chi connectivity index (χ0n) is 10.5. The quantitative estimate of drug-likeness (QED) is 0.826. The standard InChI is InChI=1S/C12H20N4O/c1-9-11(8-16(2)15-9)13-7-12(17)14-10-5-3-4-6-10/h8,10,13H,3-7H2,1-2H3,(H,14,17). The summed E-state index contributed by atoms with van der Waals surface area (Å²) in [6.07, 6.45) is 6.60. The Labute approximate surface area is 102 Å². The minimum absolute atomic E-state index is 0.0696. The second-order valence-electron chi connectivity index (χ2n) is 4.70. The first-order valence-corrected chi connectivity index (χ1v) is 6.18. The van der Waals surface area contributed by atoms with E-state index in [1.165, 1.54) is 12.8 Å². The first-order valence-electron chi connectivity index (χ1n) is 6.18. The van der Waals surface area contributed by atoms with Gasteiger partial charge in [-0.25, -0.2) is 0 Å². The molecule has 94 valence electrons. The number of hydrogen-bond acceptors (Lipinski definition) is 3. The summed E-state index contributed by atoms with van der Waals surface area (Å²) in [6.45, 7) is 2.25. The fourth-order valence-corrected chi connectivity index (χ4v) is 2.30. The molecule has 0 saturated heterocycles. The van der Waals surface area contributed by atoms with Crippen molar-refractivity contribution >= 4 is 11.6 Å². The Morgan fingerprint density at radius 2 is 2.24 bits per heavy atom. The highest BCUT2D eigenvalue weighted by Crippen LogP contribution is 2.17. The van der Waals surface area contributed by atoms with Crippen molar-refractivity contribution in [1.82, 2.24) is 15.1 Å². The van der Waals surface area contributed by atoms with Crippen molar-refractivity contribution in [2.45, 2.75) is 38.6 Å². The predicted molar refractivity (Wildman–Crippen MR) is 66.8 cm³/mol. The average Bonchev–Trinajstić information content (AvgIpc) is 2.86. The normalized spacial score (nSPS) is 16.1. The number of carbonyl (C=O) groups excluding carboxylic acids is 1. The summed E-state index contributed by atoms with van der Waals surface area (Å²) >= 11 is 0. The summed E-state index contributed by atoms with van der Waals surface area (Å²) in [7, 11) is 1.87. The van der Waals surface area contributed by atoms with Crippen LogP contribution in [0.25, 0.3) is 0 Å². The molecule has 1 aliphatic rings. The van der Waals surface area contributed by atoms with E-state index in [0.29, 0.717) is 12.6 Å². The molecule has 0 spiro atoms. The van der Waals surface area contributed by atoms with Crippen LogP contribution in [0.3, 0.4) is 0 Å². The minimum atomic E-state index is 0.0696. The Morgan fingerprint density at radius 3 is 2.82 bits per heavy atom. The van der Waals surface area contributed by atoms with Crippen molar-refractivity contribution in [1.29, 1.82) is 0 Å². The smallest absolute Gasteiger partial charge is 0.239 e. The summed E-state index contributed by atoms with van der Waals surface area (Å²) in [5.74, 6) is 0.0696. The number of hydrogen-bond donors (Lipinski definition) is 2. The van der Waals surface area contributed by atoms with Gasteiger partial charge in [0.25, 0.3) is 0 Å². The van der Waals surface area contributed by atoms with E-state index in [2.05, 4.69) is 15.7 Å². The maximum Gasteiger partial charge on any atom is 0.239 e. The van der Waals surface area contributed by atoms with Crippen LogP contribution < -0.4 is 10.6 Å². The number of rotatable bonds is 4. The maximum atomic E-state index is 11.7. The molecular weight excluding hydrogens is 216 g/mol. The lowest BCUT2D eigenvalue weighted by Gasteiger charge is -2.12. The number of aromatic nitrogens is 2. The number of carbonyl (C=O) groups is 1. The molecule has 2 rings (SSSR count). The predicted octanol–water partition coefficient (Wildman–Crippen LogP) is 1.20. The second kappa shape index (κ2) is 5.21. The summed E-state index contributed by atoms with van der Waals surface area (Å²) in [4.78, 5) is 11.7. The first kappa shape index (κ1) is 12.0. The van der Waals surface area contributed by atoms with Gasteiger partial charge in [0.05, 0.1) is 17.9 Å². The van der Waals surface area contributed by atoms with Crippen molar-refractivity contribution in [2.75, 3.05) is 11.9 Å². The molecular formula is C12H20N4O. The zero-order chi connectivity index (χ0) is 12.3. The van der Waals surface area contributed by atoms with Crippen molar-refractivity contribution in [3.8, 4) is 0 Å². The lowest BCUT2D eigenvalue weighted by atomic mass is 10.2. The molecule has 1 amide bonds. The third-order valence-electron chi connectivity index (χ3n) is 3.17. The molecule has 1 fully saturated rings. The Kier molecular flexibility index (Phi) is 3.66. The molecule has 0 atom stereocenters. The molecule has 2 N–H and O–H groups in total. The molecule has 0 aliphatic heterocycles. The fourth-order valence-electron chi connectivity index (χ4n) is 2.30. The summed E-state index contributed by atoms with van der Waals surface area (Å²) in [6, 6.07) is 0.388. The molecule has 0 bridgehead atoms. The van der Waals surface area contributed by atoms with E-state index in [1.54, 1.807) is 4.68 Å². The van der Waals surface area contributed by atoms with E-state index in [-0.39, 0.29) is 5.91 Å². The van der Waals surface area contributed by atoms with Gasteiger partial charge in [-0.1, -0.05) is 12.8 Å². The maximum absolute atomic E-state index is 11.7. The summed E-state index contributed by atoms with van der Waals surface area (Å²) < 4.78 is 1.74. The van der Waals surface area contributed by atoms with Crippen LogP contribution in [0.5, 0.6) is 0 Å². The average molecular weight is 236 g/mol. The summed E-state index contributed by atoms with van der Waals surface area (Å²) in [5, 5.41) is 10.4. The van der Waals surface area contributed by atoms with E-state index in [0.717, 1.165) is 24.2 Å². The number of nitrogens with zero attached hydrogens (tertiary/aromatic N) is 2. The highest BCUT2D eigenvalue weighted by atomic mass is 16.1. The van der Waals surface area contributed by atoms with Gasteiger partial charge in [-0.2, -0.15) is 5.10 Å². The van der Waals surface area contributed by atoms with Crippen LogP contribution in [0.4, 0.5) is 5.69 Å². The largest absolute Gasteiger partial charge is 0.373 e. The van der Waals surface area contributed by atoms with Gasteiger partial charge in [0, 0.05) is 19.3 Å². The molecule has 5 nitrogen and oxygen atoms in total. The number of amides is 1. The molecule has 0 aromatic carbocycles. The van der Waals surface area contributed by atoms with E-state index in [9.17, 15) is 4.79 Å². The highest BCUT2D eigenvalue weighted by Gasteiger charge is 2.16. The third kappa shape index (κ3) is 3.22. The highest BCUT2D eigenvalue weighted by molar-refractivity contribution is 5.81. The van der Waals surface area contributed by atoms with E-state index in [4.69, 9.17) is 0 Å². The van der Waals surface area contributed by atoms with Crippen LogP contribution >= 0.6 is 0 Å². The Bertz CT molecular complexity index is 393. The van der Waals surface area contributed by atoms with Gasteiger partial charge < -0.3 is 10.6 Å². The SMILES string of the molecule is Cc1nn(C)cc1NCC(=O)NC1CCCC1. The van der Waals surface area contributed by atoms with Crippen LogP contribution in [-0.4, -0.2) is 28.3 Å². The number of anilines is 1. The van der Waals surface area contributed by atoms with E-state index < -0.39 is 0 Å². The van der Waals surface area contributed by atoms with Gasteiger partial charge in [0.15, 0.2) is 0 Å². The molecule has 1 aromatic rings. The minimum Gasteiger partial charge on any atom is -0.373 e. The van der Waals surface area contributed by atoms with Crippen molar-refractivity contribution in [3.05, 3.63) is 11.9 Å². The number of aryl methyl sites for hydroxylation is 2. The molecule has 1 heterocycles. The lowest BCUT2D eigenvalue weighted by Crippen LogP contribution is -2.36. The van der Waals surface area contributed by atoms with E-state index >= 15 is 0 Å². The topological polar surface area (TPSA) is 59.0 Å². The molecule has 17 heavy (non-hydrogen) atoms. The van der Waals surface area contributed by atoms with Crippen LogP contribution in [0, 0.1) is 6.92 Å². The Morgan fingerprint density at radius 1 is 1.53 bits per heavy atom. The molecule has 5 heteroatoms. The zero-order valence-corrected chi connectivity index (χ0v) is 10.5. The van der Waals surface area contributed by atoms with Gasteiger partial charge in [-0.05, 0) is 19.8 Å². The first-order chi connectivity index (χ1) is 8.15. The van der Waals surface area contributed by atoms with Crippen molar-refractivity contribution < 1.29 is 4.79 Å². The van der Waals surface area contributed by atoms with Crippen molar-refractivity contribution in [2.24, 2.45) is 7.05 Å². The van der Waals surface area contributed by atoms with Gasteiger partial charge in [-0.15, -0.1) is 0 Å². The molecule has 1 aliphatic carbocycles. The van der Waals surface area contributed by atoms with Gasteiger partial charge >= 0.3 is 0 Å². The lowest BCUT2D eigenvalue weighted by molar-refractivity contribution is -0.120. The van der Waals surface area contributed by atoms with Gasteiger partial charge in [0.2, 0.25) is 5.91 Å². The second-order valence-corrected chi connectivity index (χ2v) is 4.70. The monoisotopic (exact) mass is 236 g/mol. The molecule has 0 radical (unpaired) electrons. The Hall–Kier alpha value is -1.52. The van der Waals surface area contributed by atoms with E-state index in [1.807, 2.05) is 20.2 Å². The molecule has 1 saturated carbocycles. The van der Waals surface area contributed by atoms with Crippen LogP contribution in [-0.2, 0) is 11.8 Å². The Balaban J connectivity index is 1.77. The molecule has 0 unspecified atom stereocenters. The summed E-state index contributed by atoms with van der Waals surface area (Å²) in [5.41, 5.74) is 1.84. The van der Waals surface area contributed by atoms with Crippen LogP contribution in [0.1, 0.15) is 31.4 Å². The molecule has 1 aromatic heterocycles. The van der Waals surface area contributed by atoms with Gasteiger partial charge in [-0.3, -0.25) is 9.48 Å². The van der Waals surface area contributed by atoms with Gasteiger partial charge in [0.1, 0.15) is 0 Å². The van der Waals surface area contributed by atoms with Crippen molar-refractivity contribution in [3.63, 3.8) is 0 Å². The third-order valence-corrected chi connectivity index (χ3v) is 3.17. The number of nitrogens with one attached hydrogen (secondary N) is 2. The van der Waals surface area contributed by atoms with Crippen LogP contribution in [0.15, 0.2) is 6.20 Å².